The molecule has 0 saturated carbocycles. The summed E-state index contributed by atoms with van der Waals surface area (Å²) in [5, 5.41) is 2.49. The molecule has 0 aliphatic carbocycles. The van der Waals surface area contributed by atoms with Gasteiger partial charge < -0.3 is 10.6 Å². The average molecular weight is 608 g/mol. The smallest absolute Gasteiger partial charge is 0.321 e. The first-order chi connectivity index (χ1) is 17.9. The molecule has 40 heavy (non-hydrogen) atoms. The maximum Gasteiger partial charge on any atom is 0.527 e. The van der Waals surface area contributed by atoms with Crippen LogP contribution < -0.4 is 10.6 Å². The van der Waals surface area contributed by atoms with Gasteiger partial charge in [-0.05, 0) is 35.4 Å². The molecule has 20 heteroatoms. The van der Waals surface area contributed by atoms with Crippen molar-refractivity contribution in [2.24, 2.45) is 0 Å². The van der Waals surface area contributed by atoms with Gasteiger partial charge in [0.25, 0.3) is 0 Å². The van der Waals surface area contributed by atoms with E-state index < -0.39 is 60.0 Å². The normalized spacial score (nSPS) is 13.7. The molecule has 0 heterocycles. The second kappa shape index (κ2) is 10.7. The summed E-state index contributed by atoms with van der Waals surface area (Å²) in [6.45, 7) is 0. The molecule has 0 aliphatic rings. The van der Waals surface area contributed by atoms with Crippen LogP contribution in [0.25, 0.3) is 11.1 Å². The van der Waals surface area contributed by atoms with Gasteiger partial charge in [0.2, 0.25) is 0 Å². The fraction of sp³-hybridized carbons (Fsp3) is 0.300. The van der Waals surface area contributed by atoms with E-state index in [9.17, 15) is 71.1 Å². The van der Waals surface area contributed by atoms with Gasteiger partial charge >= 0.3 is 48.6 Å². The average Bonchev–Trinajstić information content (AvgIpc) is 2.76. The first-order valence-electron chi connectivity index (χ1n) is 9.76. The molecule has 0 aliphatic heterocycles. The van der Waals surface area contributed by atoms with Gasteiger partial charge in [0.1, 0.15) is 0 Å². The molecular formula is C20H10F14N2O4. The lowest BCUT2D eigenvalue weighted by molar-refractivity contribution is -0.458. The number of amides is 2. The molecule has 2 amide bonds. The minimum absolute atomic E-state index is 0.129. The summed E-state index contributed by atoms with van der Waals surface area (Å²) in [7, 11) is 0. The number of carbonyl (C=O) groups excluding carboxylic acids is 2. The lowest BCUT2D eigenvalue weighted by Crippen LogP contribution is -2.53. The number of nitrogens with one attached hydrogen (secondary N) is 2. The molecule has 0 unspecified atom stereocenters. The van der Waals surface area contributed by atoms with Crippen molar-refractivity contribution in [1.82, 2.24) is 0 Å². The minimum Gasteiger partial charge on any atom is -0.321 e. The summed E-state index contributed by atoms with van der Waals surface area (Å²) in [6.07, 6.45) is -24.9. The van der Waals surface area contributed by atoms with Crippen LogP contribution in [-0.2, 0) is 19.1 Å². The maximum absolute atomic E-state index is 13.5. The van der Waals surface area contributed by atoms with Gasteiger partial charge in [0.15, 0.2) is 0 Å². The number of ether oxygens (including phenoxy) is 2. The number of rotatable bonds is 9. The minimum atomic E-state index is -6.27. The third-order valence-electron chi connectivity index (χ3n) is 4.41. The fourth-order valence-electron chi connectivity index (χ4n) is 2.59. The molecule has 2 aromatic carbocycles. The third kappa shape index (κ3) is 7.71. The number of hydrogen-bond donors (Lipinski definition) is 2. The number of benzene rings is 2. The summed E-state index contributed by atoms with van der Waals surface area (Å²) in [5.41, 5.74) is -0.957. The van der Waals surface area contributed by atoms with E-state index >= 15 is 0 Å². The molecule has 0 saturated heterocycles. The van der Waals surface area contributed by atoms with Crippen molar-refractivity contribution < 1.29 is 80.5 Å². The molecule has 0 fully saturated rings. The van der Waals surface area contributed by atoms with Crippen LogP contribution in [0.15, 0.2) is 48.5 Å². The highest BCUT2D eigenvalue weighted by Gasteiger charge is 2.68. The zero-order valence-corrected chi connectivity index (χ0v) is 18.5. The Morgan fingerprint density at radius 3 is 0.950 bits per heavy atom. The lowest BCUT2D eigenvalue weighted by Gasteiger charge is -2.25. The van der Waals surface area contributed by atoms with Gasteiger partial charge in [-0.3, -0.25) is 9.59 Å². The van der Waals surface area contributed by atoms with Crippen LogP contribution in [0.4, 0.5) is 72.8 Å². The van der Waals surface area contributed by atoms with Crippen molar-refractivity contribution in [3.05, 3.63) is 48.5 Å². The van der Waals surface area contributed by atoms with Crippen molar-refractivity contribution in [3.63, 3.8) is 0 Å². The summed E-state index contributed by atoms with van der Waals surface area (Å²) in [5.74, 6) is -17.7. The highest BCUT2D eigenvalue weighted by atomic mass is 19.4. The topological polar surface area (TPSA) is 76.7 Å². The monoisotopic (exact) mass is 608 g/mol. The molecule has 0 spiro atoms. The van der Waals surface area contributed by atoms with Crippen LogP contribution >= 0.6 is 0 Å². The number of anilines is 2. The Kier molecular flexibility index (Phi) is 8.71. The number of halogens is 14. The summed E-state index contributed by atoms with van der Waals surface area (Å²) in [4.78, 5) is 22.9. The van der Waals surface area contributed by atoms with Crippen molar-refractivity contribution in [1.29, 1.82) is 0 Å². The molecule has 0 atom stereocenters. The van der Waals surface area contributed by atoms with Crippen LogP contribution in [0.3, 0.4) is 0 Å². The molecule has 2 aromatic rings. The molecule has 0 aromatic heterocycles. The van der Waals surface area contributed by atoms with Gasteiger partial charge in [0.05, 0.1) is 0 Å². The standard InChI is InChI=1S/C20H10F14N2O4/c21-15(22,17(25,26)39-19(29,30)31)13(37)35-11-5-1-9(2-6-11)10-3-7-12(8-4-10)36-14(38)16(23,24)18(27,28)40-20(32,33)34/h1-8H,(H,35,37)(H,36,38). The third-order valence-corrected chi connectivity index (χ3v) is 4.41. The molecule has 0 radical (unpaired) electrons. The number of hydrogen-bond acceptors (Lipinski definition) is 4. The second-order valence-electron chi connectivity index (χ2n) is 7.34. The Hall–Kier alpha value is -3.68. The van der Waals surface area contributed by atoms with E-state index in [1.807, 2.05) is 9.47 Å². The van der Waals surface area contributed by atoms with E-state index in [2.05, 4.69) is 0 Å². The number of alkyl halides is 14. The van der Waals surface area contributed by atoms with Crippen LogP contribution in [0.5, 0.6) is 0 Å². The lowest BCUT2D eigenvalue weighted by atomic mass is 10.0. The zero-order valence-electron chi connectivity index (χ0n) is 18.5. The highest BCUT2D eigenvalue weighted by Crippen LogP contribution is 2.42. The highest BCUT2D eigenvalue weighted by molar-refractivity contribution is 5.97. The van der Waals surface area contributed by atoms with Gasteiger partial charge in [-0.1, -0.05) is 24.3 Å². The van der Waals surface area contributed by atoms with E-state index in [4.69, 9.17) is 0 Å². The Labute approximate surface area is 211 Å². The van der Waals surface area contributed by atoms with Crippen LogP contribution in [0.2, 0.25) is 0 Å². The molecule has 0 bridgehead atoms. The van der Waals surface area contributed by atoms with Crippen molar-refractivity contribution in [2.75, 3.05) is 10.6 Å². The van der Waals surface area contributed by atoms with E-state index in [0.29, 0.717) is 0 Å². The summed E-state index contributed by atoms with van der Waals surface area (Å²) >= 11 is 0. The van der Waals surface area contributed by atoms with Crippen molar-refractivity contribution in [2.45, 2.75) is 36.8 Å². The van der Waals surface area contributed by atoms with Crippen LogP contribution in [0.1, 0.15) is 0 Å². The maximum atomic E-state index is 13.5. The molecule has 2 rings (SSSR count). The molecule has 222 valence electrons. The van der Waals surface area contributed by atoms with Gasteiger partial charge in [-0.2, -0.15) is 35.1 Å². The summed E-state index contributed by atoms with van der Waals surface area (Å²) < 4.78 is 182. The largest absolute Gasteiger partial charge is 0.527 e. The van der Waals surface area contributed by atoms with E-state index in [-0.39, 0.29) is 11.1 Å². The van der Waals surface area contributed by atoms with E-state index in [0.717, 1.165) is 48.5 Å². The zero-order chi connectivity index (χ0) is 30.9. The molecule has 2 N–H and O–H groups in total. The Morgan fingerprint density at radius 1 is 0.475 bits per heavy atom. The van der Waals surface area contributed by atoms with E-state index in [1.54, 1.807) is 0 Å². The van der Waals surface area contributed by atoms with Gasteiger partial charge in [0, 0.05) is 11.4 Å². The van der Waals surface area contributed by atoms with E-state index in [1.165, 1.54) is 10.6 Å². The fourth-order valence-corrected chi connectivity index (χ4v) is 2.59. The second-order valence-corrected chi connectivity index (χ2v) is 7.34. The Bertz CT molecular complexity index is 1110. The van der Waals surface area contributed by atoms with Gasteiger partial charge in [-0.25, -0.2) is 9.47 Å². The van der Waals surface area contributed by atoms with Gasteiger partial charge in [-0.15, -0.1) is 26.3 Å². The van der Waals surface area contributed by atoms with Crippen LogP contribution in [0, 0.1) is 0 Å². The van der Waals surface area contributed by atoms with Crippen molar-refractivity contribution in [3.8, 4) is 11.1 Å². The van der Waals surface area contributed by atoms with Crippen LogP contribution in [-0.4, -0.2) is 48.6 Å². The molecular weight excluding hydrogens is 598 g/mol. The first kappa shape index (κ1) is 32.5. The predicted octanol–water partition coefficient (Wildman–Crippen LogP) is 6.76. The molecule has 6 nitrogen and oxygen atoms in total. The SMILES string of the molecule is O=C(Nc1ccc(-c2ccc(NC(=O)C(F)(F)C(F)(F)OC(F)(F)F)cc2)cc1)C(F)(F)C(F)(F)OC(F)(F)F. The first-order valence-corrected chi connectivity index (χ1v) is 9.76. The summed E-state index contributed by atoms with van der Waals surface area (Å²) in [6, 6.07) is 7.44. The van der Waals surface area contributed by atoms with Crippen molar-refractivity contribution >= 4 is 23.2 Å². The number of carbonyl (C=O) groups is 2. The predicted molar refractivity (Wildman–Crippen MR) is 103 cm³/mol. The Balaban J connectivity index is 2.11. The Morgan fingerprint density at radius 2 is 0.725 bits per heavy atom. The quantitative estimate of drug-likeness (QED) is 0.309.